The summed E-state index contributed by atoms with van der Waals surface area (Å²) in [6, 6.07) is 7.53. The highest BCUT2D eigenvalue weighted by Gasteiger charge is 2.28. The molecule has 7 nitrogen and oxygen atoms in total. The Morgan fingerprint density at radius 1 is 1.15 bits per heavy atom. The SMILES string of the molecule is CN=C(NCCc1cccc(C(=O)N(C)C)c1)NCCS(=O)(=O)C(C)(C)C. The molecule has 2 N–H and O–H groups in total. The second-order valence-electron chi connectivity index (χ2n) is 7.51. The quantitative estimate of drug-likeness (QED) is 0.536. The Labute approximate surface area is 163 Å². The molecule has 0 aliphatic carbocycles. The summed E-state index contributed by atoms with van der Waals surface area (Å²) in [6.07, 6.45) is 0.718. The van der Waals surface area contributed by atoms with Gasteiger partial charge in [0.15, 0.2) is 15.8 Å². The average Bonchev–Trinajstić information content (AvgIpc) is 2.58. The molecule has 0 saturated heterocycles. The van der Waals surface area contributed by atoms with E-state index in [-0.39, 0.29) is 11.7 Å². The molecule has 0 saturated carbocycles. The third-order valence-corrected chi connectivity index (χ3v) is 6.71. The number of rotatable bonds is 7. The Morgan fingerprint density at radius 3 is 2.33 bits per heavy atom. The van der Waals surface area contributed by atoms with E-state index in [1.54, 1.807) is 52.9 Å². The maximum Gasteiger partial charge on any atom is 0.253 e. The van der Waals surface area contributed by atoms with Gasteiger partial charge in [0.2, 0.25) is 0 Å². The van der Waals surface area contributed by atoms with Crippen LogP contribution in [0.4, 0.5) is 0 Å². The second kappa shape index (κ2) is 9.73. The standard InChI is InChI=1S/C19H32N4O3S/c1-19(2,3)27(25,26)13-12-22-18(20-4)21-11-10-15-8-7-9-16(14-15)17(24)23(5)6/h7-9,14H,10-13H2,1-6H3,(H2,20,21,22). The summed E-state index contributed by atoms with van der Waals surface area (Å²) in [5.41, 5.74) is 1.70. The van der Waals surface area contributed by atoms with Crippen molar-refractivity contribution in [3.05, 3.63) is 35.4 Å². The van der Waals surface area contributed by atoms with E-state index in [0.717, 1.165) is 12.0 Å². The fourth-order valence-electron chi connectivity index (χ4n) is 2.27. The number of amides is 1. The van der Waals surface area contributed by atoms with E-state index < -0.39 is 14.6 Å². The van der Waals surface area contributed by atoms with Crippen LogP contribution in [0.2, 0.25) is 0 Å². The van der Waals surface area contributed by atoms with Gasteiger partial charge in [-0.15, -0.1) is 0 Å². The summed E-state index contributed by atoms with van der Waals surface area (Å²) in [4.78, 5) is 17.7. The van der Waals surface area contributed by atoms with Crippen molar-refractivity contribution < 1.29 is 13.2 Å². The molecule has 8 heteroatoms. The van der Waals surface area contributed by atoms with Crippen molar-refractivity contribution in [2.45, 2.75) is 31.9 Å². The highest BCUT2D eigenvalue weighted by molar-refractivity contribution is 7.92. The van der Waals surface area contributed by atoms with Crippen molar-refractivity contribution in [2.75, 3.05) is 40.0 Å². The van der Waals surface area contributed by atoms with E-state index in [9.17, 15) is 13.2 Å². The molecule has 0 spiro atoms. The van der Waals surface area contributed by atoms with Gasteiger partial charge in [0, 0.05) is 39.8 Å². The number of benzene rings is 1. The molecule has 1 aromatic rings. The molecule has 1 amide bonds. The number of carbonyl (C=O) groups is 1. The lowest BCUT2D eigenvalue weighted by Crippen LogP contribution is -2.42. The lowest BCUT2D eigenvalue weighted by Gasteiger charge is -2.19. The maximum absolute atomic E-state index is 12.1. The predicted octanol–water partition coefficient (Wildman–Crippen LogP) is 1.31. The van der Waals surface area contributed by atoms with Crippen molar-refractivity contribution in [1.82, 2.24) is 15.5 Å². The molecule has 1 aromatic carbocycles. The summed E-state index contributed by atoms with van der Waals surface area (Å²) in [7, 11) is 1.93. The number of nitrogens with one attached hydrogen (secondary N) is 2. The van der Waals surface area contributed by atoms with E-state index >= 15 is 0 Å². The molecule has 0 unspecified atom stereocenters. The first-order valence-electron chi connectivity index (χ1n) is 8.95. The first-order valence-corrected chi connectivity index (χ1v) is 10.6. The van der Waals surface area contributed by atoms with E-state index in [2.05, 4.69) is 15.6 Å². The summed E-state index contributed by atoms with van der Waals surface area (Å²) in [5.74, 6) is 0.577. The topological polar surface area (TPSA) is 90.9 Å². The van der Waals surface area contributed by atoms with Crippen molar-refractivity contribution in [3.8, 4) is 0 Å². The Bertz CT molecular complexity index is 765. The predicted molar refractivity (Wildman–Crippen MR) is 111 cm³/mol. The Kier molecular flexibility index (Phi) is 8.27. The second-order valence-corrected chi connectivity index (χ2v) is 10.4. The Balaban J connectivity index is 2.51. The summed E-state index contributed by atoms with van der Waals surface area (Å²) in [5, 5.41) is 6.19. The van der Waals surface area contributed by atoms with Crippen LogP contribution < -0.4 is 10.6 Å². The molecular weight excluding hydrogens is 364 g/mol. The number of hydrogen-bond acceptors (Lipinski definition) is 4. The van der Waals surface area contributed by atoms with E-state index in [4.69, 9.17) is 0 Å². The van der Waals surface area contributed by atoms with Crippen molar-refractivity contribution in [2.24, 2.45) is 4.99 Å². The van der Waals surface area contributed by atoms with Gasteiger partial charge in [-0.05, 0) is 44.9 Å². The smallest absolute Gasteiger partial charge is 0.253 e. The van der Waals surface area contributed by atoms with Crippen LogP contribution in [-0.4, -0.2) is 69.9 Å². The number of guanidine groups is 1. The molecule has 0 fully saturated rings. The first-order chi connectivity index (χ1) is 12.5. The summed E-state index contributed by atoms with van der Waals surface area (Å²) < 4.78 is 23.5. The minimum atomic E-state index is -3.17. The summed E-state index contributed by atoms with van der Waals surface area (Å²) in [6.45, 7) is 6.01. The van der Waals surface area contributed by atoms with Gasteiger partial charge in [0.05, 0.1) is 10.5 Å². The van der Waals surface area contributed by atoms with Crippen LogP contribution in [0.1, 0.15) is 36.7 Å². The van der Waals surface area contributed by atoms with Crippen LogP contribution in [0.15, 0.2) is 29.3 Å². The molecule has 0 aliphatic heterocycles. The zero-order chi connectivity index (χ0) is 20.7. The minimum Gasteiger partial charge on any atom is -0.356 e. The largest absolute Gasteiger partial charge is 0.356 e. The molecule has 1 rings (SSSR count). The van der Waals surface area contributed by atoms with Crippen LogP contribution in [0.3, 0.4) is 0 Å². The average molecular weight is 397 g/mol. The normalized spacial score (nSPS) is 12.6. The van der Waals surface area contributed by atoms with Gasteiger partial charge in [0.25, 0.3) is 5.91 Å². The van der Waals surface area contributed by atoms with Crippen LogP contribution in [-0.2, 0) is 16.3 Å². The molecule has 0 bridgehead atoms. The Morgan fingerprint density at radius 2 is 1.78 bits per heavy atom. The number of nitrogens with zero attached hydrogens (tertiary/aromatic N) is 2. The number of hydrogen-bond donors (Lipinski definition) is 2. The van der Waals surface area contributed by atoms with Crippen LogP contribution in [0.25, 0.3) is 0 Å². The molecule has 0 atom stereocenters. The van der Waals surface area contributed by atoms with Gasteiger partial charge in [-0.1, -0.05) is 12.1 Å². The zero-order valence-electron chi connectivity index (χ0n) is 17.2. The lowest BCUT2D eigenvalue weighted by molar-refractivity contribution is 0.0827. The minimum absolute atomic E-state index is 0.0256. The van der Waals surface area contributed by atoms with Gasteiger partial charge in [0.1, 0.15) is 0 Å². The molecule has 152 valence electrons. The van der Waals surface area contributed by atoms with Crippen LogP contribution in [0.5, 0.6) is 0 Å². The fourth-order valence-corrected chi connectivity index (χ4v) is 3.26. The number of sulfone groups is 1. The zero-order valence-corrected chi connectivity index (χ0v) is 18.0. The lowest BCUT2D eigenvalue weighted by atomic mass is 10.1. The number of aliphatic imine (C=N–C) groups is 1. The maximum atomic E-state index is 12.1. The third-order valence-electron chi connectivity index (χ3n) is 4.11. The van der Waals surface area contributed by atoms with Crippen LogP contribution in [0, 0.1) is 0 Å². The molecular formula is C19H32N4O3S. The van der Waals surface area contributed by atoms with E-state index in [1.165, 1.54) is 0 Å². The molecule has 0 radical (unpaired) electrons. The van der Waals surface area contributed by atoms with E-state index in [1.807, 2.05) is 18.2 Å². The van der Waals surface area contributed by atoms with Gasteiger partial charge < -0.3 is 15.5 Å². The van der Waals surface area contributed by atoms with Gasteiger partial charge in [-0.25, -0.2) is 8.42 Å². The monoisotopic (exact) mass is 396 g/mol. The molecule has 27 heavy (non-hydrogen) atoms. The third kappa shape index (κ3) is 7.21. The van der Waals surface area contributed by atoms with Gasteiger partial charge in [-0.3, -0.25) is 9.79 Å². The molecule has 0 heterocycles. The Hall–Kier alpha value is -2.09. The highest BCUT2D eigenvalue weighted by atomic mass is 32.2. The van der Waals surface area contributed by atoms with Gasteiger partial charge >= 0.3 is 0 Å². The molecule has 0 aliphatic rings. The van der Waals surface area contributed by atoms with Crippen molar-refractivity contribution in [3.63, 3.8) is 0 Å². The van der Waals surface area contributed by atoms with Gasteiger partial charge in [-0.2, -0.15) is 0 Å². The van der Waals surface area contributed by atoms with Crippen molar-refractivity contribution in [1.29, 1.82) is 0 Å². The van der Waals surface area contributed by atoms with Crippen molar-refractivity contribution >= 4 is 21.7 Å². The molecule has 0 aromatic heterocycles. The first kappa shape index (κ1) is 23.0. The number of carbonyl (C=O) groups excluding carboxylic acids is 1. The fraction of sp³-hybridized carbons (Fsp3) is 0.579. The highest BCUT2D eigenvalue weighted by Crippen LogP contribution is 2.15. The summed E-state index contributed by atoms with van der Waals surface area (Å²) >= 11 is 0. The van der Waals surface area contributed by atoms with Crippen LogP contribution >= 0.6 is 0 Å². The van der Waals surface area contributed by atoms with E-state index in [0.29, 0.717) is 24.6 Å².